The van der Waals surface area contributed by atoms with Gasteiger partial charge in [0.1, 0.15) is 0 Å². The molecule has 0 bridgehead atoms. The lowest BCUT2D eigenvalue weighted by molar-refractivity contribution is -0.385. The highest BCUT2D eigenvalue weighted by Gasteiger charge is 2.48. The second-order valence-electron chi connectivity index (χ2n) is 7.96. The van der Waals surface area contributed by atoms with Crippen LogP contribution in [-0.4, -0.2) is 50.4 Å². The van der Waals surface area contributed by atoms with Crippen molar-refractivity contribution in [3.8, 4) is 0 Å². The van der Waals surface area contributed by atoms with E-state index in [1.54, 1.807) is 26.8 Å². The van der Waals surface area contributed by atoms with E-state index in [-0.39, 0.29) is 24.0 Å². The predicted molar refractivity (Wildman–Crippen MR) is 97.5 cm³/mol. The molecule has 0 saturated carbocycles. The minimum Gasteiger partial charge on any atom is -0.465 e. The van der Waals surface area contributed by atoms with Crippen molar-refractivity contribution in [2.24, 2.45) is 4.99 Å². The van der Waals surface area contributed by atoms with Gasteiger partial charge in [0, 0.05) is 24.7 Å². The predicted octanol–water partition coefficient (Wildman–Crippen LogP) is 2.73. The Hall–Kier alpha value is -2.97. The summed E-state index contributed by atoms with van der Waals surface area (Å²) in [6.45, 7) is 5.16. The number of non-ortho nitro benzene ring substituents is 1. The van der Waals surface area contributed by atoms with Crippen LogP contribution in [0, 0.1) is 10.1 Å². The fourth-order valence-corrected chi connectivity index (χ4v) is 3.76. The van der Waals surface area contributed by atoms with Gasteiger partial charge in [-0.1, -0.05) is 6.07 Å². The van der Waals surface area contributed by atoms with E-state index in [9.17, 15) is 24.8 Å². The standard InChI is InChI=1S/C18H22N4O5/c1-17(2,3)21(16(24)25)15-19-18(10-14(23)20(15)4)8-7-11-5-6-12(22(26)27)9-13(11)18/h5-6,9H,7-8,10H2,1-4H3,(H,24,25)/t18-/m0/s1. The molecule has 1 aliphatic heterocycles. The van der Waals surface area contributed by atoms with E-state index in [2.05, 4.69) is 0 Å². The summed E-state index contributed by atoms with van der Waals surface area (Å²) in [5.41, 5.74) is -0.321. The van der Waals surface area contributed by atoms with Gasteiger partial charge in [-0.2, -0.15) is 0 Å². The van der Waals surface area contributed by atoms with Crippen LogP contribution >= 0.6 is 0 Å². The summed E-state index contributed by atoms with van der Waals surface area (Å²) in [6, 6.07) is 4.60. The molecular formula is C18H22N4O5. The van der Waals surface area contributed by atoms with Crippen molar-refractivity contribution in [2.75, 3.05) is 7.05 Å². The maximum Gasteiger partial charge on any atom is 0.414 e. The van der Waals surface area contributed by atoms with Crippen LogP contribution in [0.2, 0.25) is 0 Å². The Kier molecular flexibility index (Phi) is 4.21. The molecule has 1 spiro atoms. The minimum atomic E-state index is -1.21. The van der Waals surface area contributed by atoms with Crippen molar-refractivity contribution in [2.45, 2.75) is 51.1 Å². The van der Waals surface area contributed by atoms with Crippen LogP contribution in [0.1, 0.15) is 44.7 Å². The zero-order chi connectivity index (χ0) is 20.1. The topological polar surface area (TPSA) is 116 Å². The molecule has 1 aliphatic carbocycles. The largest absolute Gasteiger partial charge is 0.465 e. The first-order valence-corrected chi connectivity index (χ1v) is 8.64. The number of guanidine groups is 1. The number of nitrogens with zero attached hydrogens (tertiary/aromatic N) is 4. The number of hydrogen-bond donors (Lipinski definition) is 1. The van der Waals surface area contributed by atoms with Gasteiger partial charge in [0.15, 0.2) is 0 Å². The molecule has 1 aromatic rings. The summed E-state index contributed by atoms with van der Waals surface area (Å²) >= 11 is 0. The number of amides is 2. The average molecular weight is 374 g/mol. The van der Waals surface area contributed by atoms with Crippen molar-refractivity contribution in [3.05, 3.63) is 39.4 Å². The Balaban J connectivity index is 2.20. The quantitative estimate of drug-likeness (QED) is 0.599. The smallest absolute Gasteiger partial charge is 0.414 e. The molecule has 27 heavy (non-hydrogen) atoms. The molecule has 0 unspecified atom stereocenters. The van der Waals surface area contributed by atoms with Crippen LogP contribution in [0.15, 0.2) is 23.2 Å². The number of nitro groups is 1. The number of aryl methyl sites for hydroxylation is 1. The van der Waals surface area contributed by atoms with Crippen molar-refractivity contribution >= 4 is 23.6 Å². The van der Waals surface area contributed by atoms with Crippen LogP contribution in [0.4, 0.5) is 10.5 Å². The third kappa shape index (κ3) is 3.02. The summed E-state index contributed by atoms with van der Waals surface area (Å²) in [6.07, 6.45) is -0.0256. The monoisotopic (exact) mass is 374 g/mol. The van der Waals surface area contributed by atoms with Crippen molar-refractivity contribution in [3.63, 3.8) is 0 Å². The fourth-order valence-electron chi connectivity index (χ4n) is 3.76. The van der Waals surface area contributed by atoms with Gasteiger partial charge in [-0.3, -0.25) is 19.8 Å². The third-order valence-corrected chi connectivity index (χ3v) is 5.11. The van der Waals surface area contributed by atoms with Gasteiger partial charge in [0.25, 0.3) is 5.69 Å². The molecule has 9 nitrogen and oxygen atoms in total. The normalized spacial score (nSPS) is 21.9. The molecule has 0 fully saturated rings. The zero-order valence-corrected chi connectivity index (χ0v) is 15.7. The van der Waals surface area contributed by atoms with Crippen molar-refractivity contribution in [1.82, 2.24) is 9.80 Å². The van der Waals surface area contributed by atoms with Crippen LogP contribution in [0.25, 0.3) is 0 Å². The van der Waals surface area contributed by atoms with Gasteiger partial charge < -0.3 is 5.11 Å². The van der Waals surface area contributed by atoms with Crippen molar-refractivity contribution < 1.29 is 19.6 Å². The molecule has 1 aromatic carbocycles. The Bertz CT molecular complexity index is 873. The number of nitro benzene ring substituents is 1. The first-order chi connectivity index (χ1) is 12.5. The summed E-state index contributed by atoms with van der Waals surface area (Å²) < 4.78 is 0. The van der Waals surface area contributed by atoms with Gasteiger partial charge in [-0.25, -0.2) is 14.7 Å². The molecule has 2 aliphatic rings. The number of carboxylic acid groups (broad SMARTS) is 1. The Labute approximate surface area is 156 Å². The Morgan fingerprint density at radius 2 is 2.07 bits per heavy atom. The second kappa shape index (κ2) is 6.04. The molecule has 1 atom stereocenters. The third-order valence-electron chi connectivity index (χ3n) is 5.11. The van der Waals surface area contributed by atoms with Gasteiger partial charge in [-0.05, 0) is 44.7 Å². The maximum absolute atomic E-state index is 12.7. The van der Waals surface area contributed by atoms with E-state index in [0.29, 0.717) is 18.4 Å². The van der Waals surface area contributed by atoms with E-state index >= 15 is 0 Å². The molecule has 2 amide bonds. The Morgan fingerprint density at radius 3 is 2.63 bits per heavy atom. The van der Waals surface area contributed by atoms with Gasteiger partial charge >= 0.3 is 6.09 Å². The number of hydrogen-bond acceptors (Lipinski definition) is 5. The first kappa shape index (κ1) is 18.8. The minimum absolute atomic E-state index is 0.0469. The average Bonchev–Trinajstić information content (AvgIpc) is 2.88. The Morgan fingerprint density at radius 1 is 1.41 bits per heavy atom. The second-order valence-corrected chi connectivity index (χ2v) is 7.96. The van der Waals surface area contributed by atoms with Crippen molar-refractivity contribution in [1.29, 1.82) is 0 Å². The van der Waals surface area contributed by atoms with Crippen LogP contribution < -0.4 is 0 Å². The molecule has 1 N–H and O–H groups in total. The van der Waals surface area contributed by atoms with E-state index in [1.807, 2.05) is 0 Å². The highest BCUT2D eigenvalue weighted by atomic mass is 16.6. The molecule has 3 rings (SSSR count). The van der Waals surface area contributed by atoms with Crippen LogP contribution in [0.3, 0.4) is 0 Å². The van der Waals surface area contributed by atoms with E-state index in [0.717, 1.165) is 10.5 Å². The lowest BCUT2D eigenvalue weighted by atomic mass is 9.87. The number of benzene rings is 1. The fraction of sp³-hybridized carbons (Fsp3) is 0.500. The van der Waals surface area contributed by atoms with E-state index in [4.69, 9.17) is 4.99 Å². The highest BCUT2D eigenvalue weighted by molar-refractivity contribution is 6.05. The molecular weight excluding hydrogens is 352 g/mol. The molecule has 144 valence electrons. The first-order valence-electron chi connectivity index (χ1n) is 8.64. The number of carbonyl (C=O) groups is 2. The summed E-state index contributed by atoms with van der Waals surface area (Å²) in [4.78, 5) is 42.4. The zero-order valence-electron chi connectivity index (χ0n) is 15.7. The molecule has 0 saturated heterocycles. The molecule has 9 heteroatoms. The summed E-state index contributed by atoms with van der Waals surface area (Å²) in [7, 11) is 1.50. The van der Waals surface area contributed by atoms with Crippen LogP contribution in [0.5, 0.6) is 0 Å². The molecule has 1 heterocycles. The van der Waals surface area contributed by atoms with E-state index < -0.39 is 22.1 Å². The van der Waals surface area contributed by atoms with Gasteiger partial charge in [0.2, 0.25) is 11.9 Å². The summed E-state index contributed by atoms with van der Waals surface area (Å²) in [5, 5.41) is 20.9. The number of fused-ring (bicyclic) bond motifs is 2. The number of carbonyl (C=O) groups excluding carboxylic acids is 1. The summed E-state index contributed by atoms with van der Waals surface area (Å²) in [5.74, 6) is -0.222. The lowest BCUT2D eigenvalue weighted by Gasteiger charge is -2.42. The van der Waals surface area contributed by atoms with Crippen LogP contribution in [-0.2, 0) is 16.8 Å². The van der Waals surface area contributed by atoms with Gasteiger partial charge in [0.05, 0.1) is 16.9 Å². The number of aliphatic imine (C=N–C) groups is 1. The number of rotatable bonds is 1. The maximum atomic E-state index is 12.7. The SMILES string of the molecule is CN1C(=O)C[C@]2(CCc3ccc([N+](=O)[O-])cc32)N=C1N(C(=O)O)C(C)(C)C. The lowest BCUT2D eigenvalue weighted by Crippen LogP contribution is -2.58. The van der Waals surface area contributed by atoms with E-state index in [1.165, 1.54) is 24.1 Å². The molecule has 0 aromatic heterocycles. The van der Waals surface area contributed by atoms with Gasteiger partial charge in [-0.15, -0.1) is 0 Å². The highest BCUT2D eigenvalue weighted by Crippen LogP contribution is 2.46. The molecule has 0 radical (unpaired) electrons.